The maximum Gasteiger partial charge on any atom is 0.337 e. The highest BCUT2D eigenvalue weighted by Gasteiger charge is 2.40. The number of esters is 2. The smallest absolute Gasteiger partial charge is 0.337 e. The number of likely N-dealkylation sites (tertiary alicyclic amines) is 2. The highest BCUT2D eigenvalue weighted by Crippen LogP contribution is 2.41. The minimum Gasteiger partial charge on any atom is -0.458 e. The second-order valence-corrected chi connectivity index (χ2v) is 13.3. The summed E-state index contributed by atoms with van der Waals surface area (Å²) in [5.74, 6) is -2.00. The molecule has 3 aliphatic rings. The summed E-state index contributed by atoms with van der Waals surface area (Å²) in [5, 5.41) is 15.1. The third kappa shape index (κ3) is 9.98. The number of non-ortho nitro benzene ring substituents is 1. The number of benzene rings is 3. The SMILES string of the molecule is CC1=C(C(=O)OC2CCCN(Cc3ccccc3)C2)C(c2cccc([N+](=O)[O-])c2)C(C(=O)OC2CCCN(Cc3ccccc3)C2)=C(C)N1.Cl.Cl. The molecule has 12 heteroatoms. The topological polar surface area (TPSA) is 114 Å². The van der Waals surface area contributed by atoms with Crippen molar-refractivity contribution in [2.75, 3.05) is 26.2 Å². The molecule has 0 aromatic heterocycles. The Morgan fingerprint density at radius 1 is 0.745 bits per heavy atom. The predicted octanol–water partition coefficient (Wildman–Crippen LogP) is 7.09. The lowest BCUT2D eigenvalue weighted by atomic mass is 9.80. The lowest BCUT2D eigenvalue weighted by Crippen LogP contribution is -2.42. The quantitative estimate of drug-likeness (QED) is 0.132. The summed E-state index contributed by atoms with van der Waals surface area (Å²) >= 11 is 0. The number of dihydropyridines is 1. The number of carbonyl (C=O) groups excluding carboxylic acids is 2. The number of nitrogens with one attached hydrogen (secondary N) is 1. The molecule has 0 radical (unpaired) electrons. The molecule has 3 aliphatic heterocycles. The molecule has 2 saturated heterocycles. The Balaban J connectivity index is 0.00000292. The molecule has 2 fully saturated rings. The van der Waals surface area contributed by atoms with Gasteiger partial charge in [0, 0.05) is 49.7 Å². The van der Waals surface area contributed by atoms with Gasteiger partial charge in [-0.25, -0.2) is 9.59 Å². The van der Waals surface area contributed by atoms with Crippen LogP contribution in [0.2, 0.25) is 0 Å². The number of carbonyl (C=O) groups is 2. The van der Waals surface area contributed by atoms with Gasteiger partial charge in [-0.05, 0) is 69.3 Å². The first-order valence-electron chi connectivity index (χ1n) is 17.1. The molecule has 2 unspecified atom stereocenters. The fraction of sp³-hybridized carbons (Fsp3) is 0.385. The summed E-state index contributed by atoms with van der Waals surface area (Å²) in [6.07, 6.45) is 2.54. The maximum absolute atomic E-state index is 14.2. The number of halogens is 2. The number of allylic oxidation sites excluding steroid dienone is 2. The van der Waals surface area contributed by atoms with Crippen molar-refractivity contribution in [1.29, 1.82) is 0 Å². The van der Waals surface area contributed by atoms with Gasteiger partial charge in [0.1, 0.15) is 12.2 Å². The van der Waals surface area contributed by atoms with Crippen LogP contribution >= 0.6 is 24.8 Å². The largest absolute Gasteiger partial charge is 0.458 e. The fourth-order valence-corrected chi connectivity index (χ4v) is 7.31. The van der Waals surface area contributed by atoms with Gasteiger partial charge >= 0.3 is 11.9 Å². The Hall–Kier alpha value is -4.22. The predicted molar refractivity (Wildman–Crippen MR) is 201 cm³/mol. The monoisotopic (exact) mass is 736 g/mol. The lowest BCUT2D eigenvalue weighted by Gasteiger charge is -2.36. The summed E-state index contributed by atoms with van der Waals surface area (Å²) in [6.45, 7) is 8.07. The van der Waals surface area contributed by atoms with Crippen LogP contribution in [0.4, 0.5) is 5.69 Å². The second kappa shape index (κ2) is 18.3. The number of rotatable bonds is 10. The van der Waals surface area contributed by atoms with Crippen molar-refractivity contribution in [1.82, 2.24) is 15.1 Å². The van der Waals surface area contributed by atoms with Crippen LogP contribution in [-0.4, -0.2) is 65.0 Å². The number of ether oxygens (including phenoxy) is 2. The average molecular weight is 738 g/mol. The minimum absolute atomic E-state index is 0. The van der Waals surface area contributed by atoms with Crippen molar-refractivity contribution in [2.45, 2.75) is 70.7 Å². The van der Waals surface area contributed by atoms with Gasteiger partial charge in [0.25, 0.3) is 5.69 Å². The number of piperidine rings is 2. The van der Waals surface area contributed by atoms with E-state index in [9.17, 15) is 19.7 Å². The van der Waals surface area contributed by atoms with Crippen molar-refractivity contribution in [3.05, 3.63) is 134 Å². The van der Waals surface area contributed by atoms with E-state index in [1.807, 2.05) is 36.4 Å². The van der Waals surface area contributed by atoms with E-state index in [1.54, 1.807) is 26.0 Å². The molecule has 3 heterocycles. The molecule has 1 N–H and O–H groups in total. The van der Waals surface area contributed by atoms with Crippen LogP contribution in [-0.2, 0) is 32.2 Å². The molecule has 272 valence electrons. The molecule has 3 aromatic rings. The highest BCUT2D eigenvalue weighted by molar-refractivity contribution is 6.00. The molecule has 0 amide bonds. The molecular weight excluding hydrogens is 691 g/mol. The zero-order valence-electron chi connectivity index (χ0n) is 29.0. The molecule has 51 heavy (non-hydrogen) atoms. The van der Waals surface area contributed by atoms with E-state index < -0.39 is 22.8 Å². The van der Waals surface area contributed by atoms with Crippen LogP contribution in [0.15, 0.2) is 107 Å². The first kappa shape index (κ1) is 39.6. The van der Waals surface area contributed by atoms with Gasteiger partial charge in [-0.1, -0.05) is 72.8 Å². The lowest BCUT2D eigenvalue weighted by molar-refractivity contribution is -0.384. The summed E-state index contributed by atoms with van der Waals surface area (Å²) in [4.78, 5) is 44.3. The van der Waals surface area contributed by atoms with E-state index in [4.69, 9.17) is 9.47 Å². The zero-order valence-corrected chi connectivity index (χ0v) is 30.6. The number of nitro benzene ring substituents is 1. The van der Waals surface area contributed by atoms with E-state index in [0.717, 1.165) is 51.9 Å². The minimum atomic E-state index is -0.908. The van der Waals surface area contributed by atoms with Crippen LogP contribution in [0.5, 0.6) is 0 Å². The van der Waals surface area contributed by atoms with Gasteiger partial charge in [-0.3, -0.25) is 19.9 Å². The molecule has 0 bridgehead atoms. The van der Waals surface area contributed by atoms with Crippen LogP contribution in [0.3, 0.4) is 0 Å². The standard InChI is InChI=1S/C39H44N4O6.2ClH/c1-27-35(38(44)48-33-18-10-20-41(25-33)23-29-12-5-3-6-13-29)37(31-16-9-17-32(22-31)43(46)47)36(28(2)40-27)39(45)49-34-19-11-21-42(26-34)24-30-14-7-4-8-15-30;;/h3-9,12-17,22,33-34,37,40H,10-11,18-21,23-26H2,1-2H3;2*1H. The Labute approximate surface area is 311 Å². The molecule has 0 saturated carbocycles. The van der Waals surface area contributed by atoms with Gasteiger partial charge in [0.15, 0.2) is 0 Å². The van der Waals surface area contributed by atoms with E-state index in [1.165, 1.54) is 23.3 Å². The third-order valence-corrected chi connectivity index (χ3v) is 9.58. The van der Waals surface area contributed by atoms with Crippen molar-refractivity contribution >= 4 is 42.4 Å². The van der Waals surface area contributed by atoms with Crippen LogP contribution in [0.25, 0.3) is 0 Å². The molecule has 0 spiro atoms. The Morgan fingerprint density at radius 3 is 1.67 bits per heavy atom. The Bertz CT molecular complexity index is 1640. The van der Waals surface area contributed by atoms with Gasteiger partial charge in [0.2, 0.25) is 0 Å². The van der Waals surface area contributed by atoms with Crippen LogP contribution in [0.1, 0.15) is 62.1 Å². The molecule has 2 atom stereocenters. The fourth-order valence-electron chi connectivity index (χ4n) is 7.31. The molecule has 6 rings (SSSR count). The van der Waals surface area contributed by atoms with E-state index in [0.29, 0.717) is 30.0 Å². The van der Waals surface area contributed by atoms with Crippen molar-refractivity contribution < 1.29 is 24.0 Å². The van der Waals surface area contributed by atoms with E-state index in [2.05, 4.69) is 39.4 Å². The maximum atomic E-state index is 14.2. The van der Waals surface area contributed by atoms with Gasteiger partial charge in [-0.2, -0.15) is 0 Å². The third-order valence-electron chi connectivity index (χ3n) is 9.58. The van der Waals surface area contributed by atoms with Gasteiger partial charge in [0.05, 0.1) is 22.0 Å². The van der Waals surface area contributed by atoms with Crippen molar-refractivity contribution in [3.8, 4) is 0 Å². The first-order valence-corrected chi connectivity index (χ1v) is 17.1. The summed E-state index contributed by atoms with van der Waals surface area (Å²) < 4.78 is 12.4. The second-order valence-electron chi connectivity index (χ2n) is 13.3. The summed E-state index contributed by atoms with van der Waals surface area (Å²) in [6, 6.07) is 26.5. The molecule has 10 nitrogen and oxygen atoms in total. The van der Waals surface area contributed by atoms with Crippen LogP contribution in [0, 0.1) is 10.1 Å². The van der Waals surface area contributed by atoms with E-state index >= 15 is 0 Å². The summed E-state index contributed by atoms with van der Waals surface area (Å²) in [7, 11) is 0. The normalized spacial score (nSPS) is 21.1. The van der Waals surface area contributed by atoms with Crippen molar-refractivity contribution in [3.63, 3.8) is 0 Å². The summed E-state index contributed by atoms with van der Waals surface area (Å²) in [5.41, 5.74) is 4.32. The van der Waals surface area contributed by atoms with Gasteiger partial charge in [-0.15, -0.1) is 24.8 Å². The highest BCUT2D eigenvalue weighted by atomic mass is 35.5. The molecule has 0 aliphatic carbocycles. The zero-order chi connectivity index (χ0) is 34.3. The van der Waals surface area contributed by atoms with E-state index in [-0.39, 0.29) is 53.9 Å². The van der Waals surface area contributed by atoms with Gasteiger partial charge < -0.3 is 14.8 Å². The van der Waals surface area contributed by atoms with Crippen molar-refractivity contribution in [2.24, 2.45) is 0 Å². The Morgan fingerprint density at radius 2 is 1.22 bits per heavy atom. The number of nitrogens with zero attached hydrogens (tertiary/aromatic N) is 3. The Kier molecular flexibility index (Phi) is 14.2. The first-order chi connectivity index (χ1) is 23.7. The van der Waals surface area contributed by atoms with Crippen LogP contribution < -0.4 is 5.32 Å². The average Bonchev–Trinajstić information content (AvgIpc) is 3.09. The molecule has 3 aromatic carbocycles. The number of hydrogen-bond donors (Lipinski definition) is 1. The number of nitro groups is 1. The number of hydrogen-bond acceptors (Lipinski definition) is 9. The molecular formula is C39H46Cl2N4O6.